The number of rotatable bonds is 4. The van der Waals surface area contributed by atoms with Crippen LogP contribution < -0.4 is 5.32 Å². The van der Waals surface area contributed by atoms with Crippen molar-refractivity contribution >= 4 is 0 Å². The lowest BCUT2D eigenvalue weighted by molar-refractivity contribution is 0.572. The monoisotopic (exact) mass is 237 g/mol. The topological polar surface area (TPSA) is 48.7 Å². The van der Waals surface area contributed by atoms with Crippen LogP contribution in [0.2, 0.25) is 0 Å². The predicted molar refractivity (Wildman–Crippen MR) is 70.6 cm³/mol. The number of benzene rings is 1. The van der Waals surface area contributed by atoms with E-state index in [-0.39, 0.29) is 6.04 Å². The van der Waals surface area contributed by atoms with Gasteiger partial charge in [-0.3, -0.25) is 4.98 Å². The Labute approximate surface area is 107 Å². The second-order valence-electron chi connectivity index (χ2n) is 4.16. The summed E-state index contributed by atoms with van der Waals surface area (Å²) >= 11 is 0. The van der Waals surface area contributed by atoms with Crippen molar-refractivity contribution < 1.29 is 0 Å². The van der Waals surface area contributed by atoms with Gasteiger partial charge in [0.25, 0.3) is 0 Å². The van der Waals surface area contributed by atoms with Crippen LogP contribution in [0.4, 0.5) is 0 Å². The van der Waals surface area contributed by atoms with Gasteiger partial charge in [0, 0.05) is 25.0 Å². The number of nitriles is 1. The summed E-state index contributed by atoms with van der Waals surface area (Å²) in [4.78, 5) is 4.10. The first-order valence-electron chi connectivity index (χ1n) is 5.92. The Morgan fingerprint density at radius 2 is 2.11 bits per heavy atom. The lowest BCUT2D eigenvalue weighted by atomic mass is 10.1. The molecule has 1 aromatic carbocycles. The minimum Gasteiger partial charge on any atom is -0.306 e. The maximum Gasteiger partial charge on any atom is 0.0995 e. The lowest BCUT2D eigenvalue weighted by Gasteiger charge is -2.14. The summed E-state index contributed by atoms with van der Waals surface area (Å²) in [6.45, 7) is 2.77. The fourth-order valence-electron chi connectivity index (χ4n) is 1.80. The van der Waals surface area contributed by atoms with Gasteiger partial charge in [-0.2, -0.15) is 5.26 Å². The van der Waals surface area contributed by atoms with Crippen LogP contribution in [0.15, 0.2) is 48.8 Å². The molecule has 3 heteroatoms. The van der Waals surface area contributed by atoms with Gasteiger partial charge in [0.05, 0.1) is 11.6 Å². The van der Waals surface area contributed by atoms with Crippen LogP contribution >= 0.6 is 0 Å². The molecule has 0 aliphatic carbocycles. The van der Waals surface area contributed by atoms with Crippen LogP contribution in [0, 0.1) is 11.3 Å². The van der Waals surface area contributed by atoms with Crippen LogP contribution in [0.3, 0.4) is 0 Å². The molecule has 0 aliphatic heterocycles. The fourth-order valence-corrected chi connectivity index (χ4v) is 1.80. The van der Waals surface area contributed by atoms with E-state index in [0.29, 0.717) is 6.54 Å². The largest absolute Gasteiger partial charge is 0.306 e. The van der Waals surface area contributed by atoms with Crippen LogP contribution in [0.1, 0.15) is 29.7 Å². The molecule has 2 aromatic rings. The number of hydrogen-bond acceptors (Lipinski definition) is 3. The summed E-state index contributed by atoms with van der Waals surface area (Å²) < 4.78 is 0. The van der Waals surface area contributed by atoms with Gasteiger partial charge in [0.15, 0.2) is 0 Å². The molecule has 1 N–H and O–H groups in total. The molecule has 0 saturated heterocycles. The Kier molecular flexibility index (Phi) is 4.06. The molecular weight excluding hydrogens is 222 g/mol. The molecule has 0 unspecified atom stereocenters. The van der Waals surface area contributed by atoms with Crippen LogP contribution in [0.5, 0.6) is 0 Å². The van der Waals surface area contributed by atoms with Crippen LogP contribution in [-0.4, -0.2) is 4.98 Å². The van der Waals surface area contributed by atoms with E-state index < -0.39 is 0 Å². The third kappa shape index (κ3) is 2.93. The summed E-state index contributed by atoms with van der Waals surface area (Å²) in [7, 11) is 0. The molecule has 90 valence electrons. The first-order valence-corrected chi connectivity index (χ1v) is 5.92. The molecule has 0 fully saturated rings. The van der Waals surface area contributed by atoms with Crippen molar-refractivity contribution in [1.82, 2.24) is 10.3 Å². The zero-order valence-electron chi connectivity index (χ0n) is 10.3. The van der Waals surface area contributed by atoms with Gasteiger partial charge in [-0.05, 0) is 30.2 Å². The summed E-state index contributed by atoms with van der Waals surface area (Å²) in [5, 5.41) is 12.4. The molecule has 18 heavy (non-hydrogen) atoms. The molecule has 1 heterocycles. The second kappa shape index (κ2) is 5.95. The van der Waals surface area contributed by atoms with E-state index in [2.05, 4.69) is 23.3 Å². The van der Waals surface area contributed by atoms with Crippen molar-refractivity contribution in [2.75, 3.05) is 0 Å². The van der Waals surface area contributed by atoms with Crippen molar-refractivity contribution in [3.8, 4) is 6.07 Å². The highest BCUT2D eigenvalue weighted by Gasteiger charge is 2.06. The van der Waals surface area contributed by atoms with E-state index in [1.165, 1.54) is 0 Å². The van der Waals surface area contributed by atoms with Gasteiger partial charge in [0.2, 0.25) is 0 Å². The highest BCUT2D eigenvalue weighted by atomic mass is 14.9. The number of aromatic nitrogens is 1. The van der Waals surface area contributed by atoms with Crippen LogP contribution in [0.25, 0.3) is 0 Å². The quantitative estimate of drug-likeness (QED) is 0.889. The zero-order valence-corrected chi connectivity index (χ0v) is 10.3. The SMILES string of the molecule is C[C@@H](NCc1ccccc1C#N)c1cccnc1. The first kappa shape index (κ1) is 12.3. The van der Waals surface area contributed by atoms with Gasteiger partial charge < -0.3 is 5.32 Å². The molecule has 1 aromatic heterocycles. The normalized spacial score (nSPS) is 11.8. The lowest BCUT2D eigenvalue weighted by Crippen LogP contribution is -2.18. The molecule has 0 spiro atoms. The van der Waals surface area contributed by atoms with E-state index in [4.69, 9.17) is 5.26 Å². The number of nitrogens with one attached hydrogen (secondary N) is 1. The van der Waals surface area contributed by atoms with E-state index >= 15 is 0 Å². The standard InChI is InChI=1S/C15H15N3/c1-12(14-7-4-8-17-10-14)18-11-15-6-3-2-5-13(15)9-16/h2-8,10,12,18H,11H2,1H3/t12-/m1/s1. The van der Waals surface area contributed by atoms with E-state index in [1.807, 2.05) is 42.6 Å². The van der Waals surface area contributed by atoms with Crippen molar-refractivity contribution in [2.24, 2.45) is 0 Å². The zero-order chi connectivity index (χ0) is 12.8. The Balaban J connectivity index is 2.02. The number of hydrogen-bond donors (Lipinski definition) is 1. The molecule has 0 saturated carbocycles. The third-order valence-electron chi connectivity index (χ3n) is 2.92. The average molecular weight is 237 g/mol. The van der Waals surface area contributed by atoms with E-state index in [1.54, 1.807) is 6.20 Å². The fraction of sp³-hybridized carbons (Fsp3) is 0.200. The molecule has 0 aliphatic rings. The molecule has 0 amide bonds. The number of nitrogens with zero attached hydrogens (tertiary/aromatic N) is 2. The highest BCUT2D eigenvalue weighted by Crippen LogP contribution is 2.12. The Morgan fingerprint density at radius 3 is 2.83 bits per heavy atom. The predicted octanol–water partition coefficient (Wildman–Crippen LogP) is 2.80. The van der Waals surface area contributed by atoms with Crippen molar-refractivity contribution in [1.29, 1.82) is 5.26 Å². The van der Waals surface area contributed by atoms with Gasteiger partial charge in [-0.1, -0.05) is 24.3 Å². The second-order valence-corrected chi connectivity index (χ2v) is 4.16. The summed E-state index contributed by atoms with van der Waals surface area (Å²) in [5.41, 5.74) is 2.89. The minimum absolute atomic E-state index is 0.213. The molecule has 2 rings (SSSR count). The van der Waals surface area contributed by atoms with Gasteiger partial charge in [-0.25, -0.2) is 0 Å². The molecule has 3 nitrogen and oxygen atoms in total. The van der Waals surface area contributed by atoms with Gasteiger partial charge in [-0.15, -0.1) is 0 Å². The highest BCUT2D eigenvalue weighted by molar-refractivity contribution is 5.37. The summed E-state index contributed by atoms with van der Waals surface area (Å²) in [6, 6.07) is 14.0. The van der Waals surface area contributed by atoms with E-state index in [9.17, 15) is 0 Å². The maximum atomic E-state index is 9.01. The van der Waals surface area contributed by atoms with Gasteiger partial charge >= 0.3 is 0 Å². The Hall–Kier alpha value is -2.18. The molecule has 0 radical (unpaired) electrons. The maximum absolute atomic E-state index is 9.01. The van der Waals surface area contributed by atoms with Crippen molar-refractivity contribution in [2.45, 2.75) is 19.5 Å². The van der Waals surface area contributed by atoms with E-state index in [0.717, 1.165) is 16.7 Å². The minimum atomic E-state index is 0.213. The summed E-state index contributed by atoms with van der Waals surface area (Å²) in [6.07, 6.45) is 3.62. The van der Waals surface area contributed by atoms with Crippen LogP contribution in [-0.2, 0) is 6.54 Å². The number of pyridine rings is 1. The van der Waals surface area contributed by atoms with Crippen molar-refractivity contribution in [3.63, 3.8) is 0 Å². The smallest absolute Gasteiger partial charge is 0.0995 e. The molecule has 0 bridgehead atoms. The Bertz CT molecular complexity index is 543. The average Bonchev–Trinajstić information content (AvgIpc) is 2.46. The van der Waals surface area contributed by atoms with Crippen molar-refractivity contribution in [3.05, 3.63) is 65.5 Å². The first-order chi connectivity index (χ1) is 8.81. The van der Waals surface area contributed by atoms with Gasteiger partial charge in [0.1, 0.15) is 0 Å². The molecular formula is C15H15N3. The third-order valence-corrected chi connectivity index (χ3v) is 2.92. The summed E-state index contributed by atoms with van der Waals surface area (Å²) in [5.74, 6) is 0. The molecule has 1 atom stereocenters. The Morgan fingerprint density at radius 1 is 1.28 bits per heavy atom.